The molecule has 3 aliphatic rings. The number of ether oxygens (including phenoxy) is 15. The number of nitriles is 1. The van der Waals surface area contributed by atoms with Gasteiger partial charge in [0.2, 0.25) is 19.8 Å². The van der Waals surface area contributed by atoms with E-state index in [1.165, 1.54) is 42.7 Å². The number of carbonyl (C=O) groups is 8. The summed E-state index contributed by atoms with van der Waals surface area (Å²) in [5.41, 5.74) is 0.125. The molecule has 0 bridgehead atoms. The van der Waals surface area contributed by atoms with Crippen molar-refractivity contribution in [3.05, 3.63) is 24.3 Å². The molecule has 6 N–H and O–H groups in total. The van der Waals surface area contributed by atoms with Crippen molar-refractivity contribution in [2.45, 2.75) is 215 Å². The second-order valence-corrected chi connectivity index (χ2v) is 31.1. The van der Waals surface area contributed by atoms with Crippen LogP contribution in [0.4, 0.5) is 161 Å². The number of rotatable bonds is 43. The van der Waals surface area contributed by atoms with E-state index in [4.69, 9.17) is 10.00 Å². The van der Waals surface area contributed by atoms with Gasteiger partial charge < -0.3 is 74.5 Å². The maximum atomic E-state index is 12.0. The van der Waals surface area contributed by atoms with E-state index in [9.17, 15) is 175 Å². The van der Waals surface area contributed by atoms with Crippen LogP contribution in [0.25, 0.3) is 0 Å². The third-order valence-electron chi connectivity index (χ3n) is 16.1. The number of aliphatic imine (C=N–C) groups is 1. The van der Waals surface area contributed by atoms with Gasteiger partial charge in [-0.05, 0) is 125 Å². The normalized spacial score (nSPS) is 19.1. The van der Waals surface area contributed by atoms with Gasteiger partial charge in [-0.3, -0.25) is 18.6 Å². The summed E-state index contributed by atoms with van der Waals surface area (Å²) < 4.78 is 404. The Labute approximate surface area is 767 Å². The first-order valence-corrected chi connectivity index (χ1v) is 38.6. The van der Waals surface area contributed by atoms with Gasteiger partial charge in [-0.1, -0.05) is 75.5 Å². The number of methoxy groups -OCH3 is 1. The number of isocyanates is 1. The van der Waals surface area contributed by atoms with E-state index < -0.39 is 158 Å². The summed E-state index contributed by atoms with van der Waals surface area (Å²) in [5.74, 6) is -1.06. The molecule has 6 atom stereocenters. The van der Waals surface area contributed by atoms with Crippen molar-refractivity contribution in [1.82, 2.24) is 31.9 Å². The number of nitrogens with zero attached hydrogens (tertiary/aromatic N) is 2. The fourth-order valence-corrected chi connectivity index (χ4v) is 12.3. The lowest BCUT2D eigenvalue weighted by Crippen LogP contribution is -2.50. The average Bonchev–Trinajstić information content (AvgIpc) is 0.820. The van der Waals surface area contributed by atoms with Crippen molar-refractivity contribution < 1.29 is 261 Å². The lowest BCUT2D eigenvalue weighted by Gasteiger charge is -2.46. The summed E-state index contributed by atoms with van der Waals surface area (Å²) in [6.07, 6.45) is -45.6. The van der Waals surface area contributed by atoms with Crippen molar-refractivity contribution in [3.63, 3.8) is 0 Å². The summed E-state index contributed by atoms with van der Waals surface area (Å²) in [5, 5.41) is 23.9. The molecule has 0 aliphatic heterocycles. The third kappa shape index (κ3) is 65.2. The number of halogens is 30. The highest BCUT2D eigenvalue weighted by molar-refractivity contribution is 5.87. The SMILES string of the molecule is C=C(C)C(=O)OCCNC(=O)OCCF.C=C(C)C(=O)OCCNC(=O)OCF.CC1(C)CC(N=C=O)CC(C)(CNC(=O)OCF)C1.CC1(C)CC(OC#N)CC(C)(CNC(=O)OCCF)C1.CCF.COC(=O)NC1CC(C)(C)CC(C)(CNC(=O)OCCF)C1.FCOC(F)(F)OC(F)(F)C(F)(F)OF.FCOC(F)(F)OC(F)(F)C(F)(F)OF.FCOC(F)(F)OC(F)(F)C(F)(F)OF. The second kappa shape index (κ2) is 66.8. The zero-order chi connectivity index (χ0) is 109. The Kier molecular flexibility index (Phi) is 67.3. The molecule has 0 saturated heterocycles. The molecular formula is C73H108F30N8O27. The van der Waals surface area contributed by atoms with Gasteiger partial charge >= 0.3 is 104 Å². The molecule has 3 fully saturated rings. The predicted octanol–water partition coefficient (Wildman–Crippen LogP) is 18.2. The predicted molar refractivity (Wildman–Crippen MR) is 405 cm³/mol. The number of esters is 2. The zero-order valence-electron chi connectivity index (χ0n) is 75.7. The van der Waals surface area contributed by atoms with E-state index in [2.05, 4.69) is 172 Å². The molecule has 0 radical (unpaired) electrons. The number of nitrogens with one attached hydrogen (secondary N) is 6. The second-order valence-electron chi connectivity index (χ2n) is 31.1. The number of hydrogen-bond donors (Lipinski definition) is 6. The van der Waals surface area contributed by atoms with Crippen molar-refractivity contribution in [2.75, 3.05) is 134 Å². The highest BCUT2D eigenvalue weighted by Crippen LogP contribution is 2.50. The first-order valence-electron chi connectivity index (χ1n) is 38.6. The molecule has 6 unspecified atom stereocenters. The highest BCUT2D eigenvalue weighted by atomic mass is 19.4. The van der Waals surface area contributed by atoms with Gasteiger partial charge in [0.1, 0.15) is 59.2 Å². The van der Waals surface area contributed by atoms with Crippen LogP contribution in [0.5, 0.6) is 0 Å². The van der Waals surface area contributed by atoms with Gasteiger partial charge in [-0.15, -0.1) is 41.2 Å². The molecule has 3 aliphatic carbocycles. The quantitative estimate of drug-likeness (QED) is 0.00380. The van der Waals surface area contributed by atoms with Gasteiger partial charge in [0.05, 0.1) is 32.9 Å². The summed E-state index contributed by atoms with van der Waals surface area (Å²) in [6, 6.07) is -0.0879. The topological polar surface area (TPSA) is 428 Å². The van der Waals surface area contributed by atoms with Gasteiger partial charge in [0, 0.05) is 36.8 Å². The van der Waals surface area contributed by atoms with Crippen LogP contribution in [0, 0.1) is 44.0 Å². The molecule has 3 rings (SSSR count). The Bertz CT molecular complexity index is 3530. The minimum atomic E-state index is -6.04. The molecule has 138 heavy (non-hydrogen) atoms. The van der Waals surface area contributed by atoms with Gasteiger partial charge in [-0.2, -0.15) is 57.9 Å². The molecule has 0 heterocycles. The maximum absolute atomic E-state index is 12.0. The fraction of sp³-hybridized carbons (Fsp3) is 0.808. The van der Waals surface area contributed by atoms with Crippen LogP contribution in [0.1, 0.15) is 141 Å². The van der Waals surface area contributed by atoms with Crippen molar-refractivity contribution in [1.29, 1.82) is 5.26 Å². The molecule has 3 saturated carbocycles. The van der Waals surface area contributed by atoms with Crippen LogP contribution in [0.15, 0.2) is 29.3 Å². The fourth-order valence-electron chi connectivity index (χ4n) is 12.3. The number of alkyl halides is 27. The molecular weight excluding hydrogens is 1990 g/mol. The van der Waals surface area contributed by atoms with Crippen LogP contribution in [0.3, 0.4) is 0 Å². The Morgan fingerprint density at radius 1 is 0.399 bits per heavy atom. The minimum Gasteiger partial charge on any atom is -0.460 e. The Hall–Kier alpha value is -9.75. The lowest BCUT2D eigenvalue weighted by atomic mass is 9.62. The van der Waals surface area contributed by atoms with Crippen molar-refractivity contribution in [2.24, 2.45) is 37.5 Å². The number of hydrogen-bond acceptors (Lipinski definition) is 29. The van der Waals surface area contributed by atoms with Crippen LogP contribution < -0.4 is 31.9 Å². The average molecular weight is 2100 g/mol. The van der Waals surface area contributed by atoms with Gasteiger partial charge in [0.25, 0.3) is 6.26 Å². The molecule has 0 spiro atoms. The first-order chi connectivity index (χ1) is 63.1. The minimum absolute atomic E-state index is 0.00687. The summed E-state index contributed by atoms with van der Waals surface area (Å²) in [7, 11) is 1.34. The van der Waals surface area contributed by atoms with Crippen LogP contribution in [-0.2, 0) is 100 Å². The zero-order valence-corrected chi connectivity index (χ0v) is 75.7. The molecule has 0 aromatic rings. The molecule has 0 aromatic heterocycles. The standard InChI is InChI=1S/C15H27FN2O4.C14H23FN2O3.C13H21FN2O3.C9H14FNO4.C8H12FNO4.3C4H2F8O3.C2H5F/c1-14(2)7-11(18-13(20)21-4)8-15(3,9-14)10-17-12(19)22-6-5-16;1-13(2)6-11(20-10-16)7-14(3,8-13)9-17-12(18)19-5-4-15;1-12(2)4-10(16-9-17)5-13(3,6-12)7-15-11(18)19-8-14;1-7(2)8(12)14-6-4-11-9(13)15-5-3-10;1-6(2)7(11)13-4-3-10-8(12)14-5-9;3*5-1-13-4(10,11)14-2(6,7)3(8,9)15-12;1-2-3/h11H,5-10H2,1-4H3,(H,17,19)(H,18,20);11H,4-9H2,1-3H3,(H,17,18);10H,4-8H2,1-3H3,(H,15,18);1,3-6H2,2H3,(H,11,13);1,3-5H2,2H3,(H,10,12);3*1H2;2H2,1H3. The van der Waals surface area contributed by atoms with Crippen LogP contribution in [-0.4, -0.2) is 262 Å². The molecule has 35 nitrogen and oxygen atoms in total. The lowest BCUT2D eigenvalue weighted by molar-refractivity contribution is -0.548. The molecule has 812 valence electrons. The van der Waals surface area contributed by atoms with Crippen molar-refractivity contribution in [3.8, 4) is 6.26 Å². The van der Waals surface area contributed by atoms with E-state index in [-0.39, 0.29) is 115 Å². The first kappa shape index (κ1) is 139. The van der Waals surface area contributed by atoms with Gasteiger partial charge in [0.15, 0.2) is 20.6 Å². The van der Waals surface area contributed by atoms with Crippen molar-refractivity contribution >= 4 is 54.6 Å². The highest BCUT2D eigenvalue weighted by Gasteiger charge is 2.68. The van der Waals surface area contributed by atoms with E-state index in [1.54, 1.807) is 12.3 Å². The molecule has 65 heteroatoms. The largest absolute Gasteiger partial charge is 0.492 e. The van der Waals surface area contributed by atoms with Gasteiger partial charge in [-0.25, -0.2) is 97.5 Å². The Morgan fingerprint density at radius 3 is 0.971 bits per heavy atom. The Balaban J connectivity index is -0.000000361. The number of amides is 6. The maximum Gasteiger partial charge on any atom is 0.492 e. The van der Waals surface area contributed by atoms with E-state index in [1.807, 2.05) is 6.92 Å². The Morgan fingerprint density at radius 2 is 0.688 bits per heavy atom. The number of carbonyl (C=O) groups excluding carboxylic acids is 9. The van der Waals surface area contributed by atoms with Crippen LogP contribution >= 0.6 is 0 Å². The summed E-state index contributed by atoms with van der Waals surface area (Å²) in [4.78, 5) is 107. The summed E-state index contributed by atoms with van der Waals surface area (Å²) in [6.45, 7) is 19.3. The molecule has 6 amide bonds. The van der Waals surface area contributed by atoms with E-state index >= 15 is 0 Å². The van der Waals surface area contributed by atoms with E-state index in [0.29, 0.717) is 32.5 Å². The van der Waals surface area contributed by atoms with Crippen LogP contribution in [0.2, 0.25) is 0 Å². The molecule has 0 aromatic carbocycles. The smallest absolute Gasteiger partial charge is 0.460 e. The monoisotopic (exact) mass is 2100 g/mol. The summed E-state index contributed by atoms with van der Waals surface area (Å²) >= 11 is 0. The number of alkyl carbamates (subject to hydrolysis) is 6. The third-order valence-corrected chi connectivity index (χ3v) is 16.1. The van der Waals surface area contributed by atoms with E-state index in [0.717, 1.165) is 44.9 Å².